The van der Waals surface area contributed by atoms with Crippen molar-refractivity contribution >= 4 is 53.2 Å². The van der Waals surface area contributed by atoms with Gasteiger partial charge in [-0.2, -0.15) is 0 Å². The molecule has 0 radical (unpaired) electrons. The molecule has 1 aromatic heterocycles. The van der Waals surface area contributed by atoms with Crippen molar-refractivity contribution in [3.8, 4) is 0 Å². The van der Waals surface area contributed by atoms with Gasteiger partial charge in [0.2, 0.25) is 10.0 Å². The van der Waals surface area contributed by atoms with E-state index >= 15 is 0 Å². The van der Waals surface area contributed by atoms with E-state index < -0.39 is 10.0 Å². The molecule has 2 N–H and O–H groups in total. The van der Waals surface area contributed by atoms with Crippen molar-refractivity contribution in [1.29, 1.82) is 0 Å². The van der Waals surface area contributed by atoms with E-state index in [4.69, 9.17) is 5.11 Å². The second kappa shape index (κ2) is 4.66. The van der Waals surface area contributed by atoms with Gasteiger partial charge in [0.15, 0.2) is 0 Å². The smallest absolute Gasteiger partial charge is 0.242 e. The minimum Gasteiger partial charge on any atom is -0.393 e. The number of hydrogen-bond acceptors (Lipinski definition) is 4. The Kier molecular flexibility index (Phi) is 3.78. The minimum absolute atomic E-state index is 0.148. The molecule has 1 aliphatic carbocycles. The fraction of sp³-hybridized carbons (Fsp3) is 0.500. The number of sulfonamides is 1. The number of rotatable bonds is 3. The van der Waals surface area contributed by atoms with Crippen LogP contribution in [0.4, 0.5) is 0 Å². The Morgan fingerprint density at radius 1 is 1.44 bits per heavy atom. The van der Waals surface area contributed by atoms with Crippen molar-refractivity contribution in [2.45, 2.75) is 29.9 Å². The lowest BCUT2D eigenvalue weighted by atomic mass is 9.91. The highest BCUT2D eigenvalue weighted by Crippen LogP contribution is 2.35. The SMILES string of the molecule is O=S(=O)(NC1CC(O)C1)c1cc(Br)sc1Br. The maximum atomic E-state index is 11.9. The molecule has 0 aliphatic heterocycles. The maximum absolute atomic E-state index is 11.9. The lowest BCUT2D eigenvalue weighted by Crippen LogP contribution is -2.46. The summed E-state index contributed by atoms with van der Waals surface area (Å²) in [5, 5.41) is 9.09. The summed E-state index contributed by atoms with van der Waals surface area (Å²) < 4.78 is 27.8. The van der Waals surface area contributed by atoms with E-state index in [1.54, 1.807) is 6.07 Å². The Hall–Kier alpha value is 0.530. The molecule has 1 heterocycles. The molecule has 0 amide bonds. The average molecular weight is 391 g/mol. The largest absolute Gasteiger partial charge is 0.393 e. The van der Waals surface area contributed by atoms with Crippen LogP contribution in [0.5, 0.6) is 0 Å². The van der Waals surface area contributed by atoms with Gasteiger partial charge in [-0.25, -0.2) is 13.1 Å². The molecule has 0 unspecified atom stereocenters. The Morgan fingerprint density at radius 3 is 2.50 bits per heavy atom. The summed E-state index contributed by atoms with van der Waals surface area (Å²) in [6, 6.07) is 1.41. The summed E-state index contributed by atoms with van der Waals surface area (Å²) in [7, 11) is -3.48. The fourth-order valence-corrected chi connectivity index (χ4v) is 6.55. The summed E-state index contributed by atoms with van der Waals surface area (Å²) in [5.41, 5.74) is 0. The Labute approximate surface area is 114 Å². The third kappa shape index (κ3) is 2.68. The lowest BCUT2D eigenvalue weighted by Gasteiger charge is -2.31. The molecule has 0 atom stereocenters. The summed E-state index contributed by atoms with van der Waals surface area (Å²) in [4.78, 5) is 0.241. The third-order valence-corrected chi connectivity index (χ3v) is 6.63. The molecule has 90 valence electrons. The number of aliphatic hydroxyl groups is 1. The first-order valence-electron chi connectivity index (χ1n) is 4.54. The third-order valence-electron chi connectivity index (χ3n) is 2.35. The molecular formula is C8H9Br2NO3S2. The van der Waals surface area contributed by atoms with E-state index in [-0.39, 0.29) is 17.0 Å². The second-order valence-corrected chi connectivity index (χ2v) is 9.06. The van der Waals surface area contributed by atoms with Crippen LogP contribution in [-0.4, -0.2) is 25.7 Å². The predicted molar refractivity (Wildman–Crippen MR) is 69.1 cm³/mol. The lowest BCUT2D eigenvalue weighted by molar-refractivity contribution is 0.0712. The van der Waals surface area contributed by atoms with E-state index in [1.165, 1.54) is 11.3 Å². The van der Waals surface area contributed by atoms with Gasteiger partial charge in [0.05, 0.1) is 13.7 Å². The molecule has 0 bridgehead atoms. The molecule has 0 spiro atoms. The van der Waals surface area contributed by atoms with Crippen LogP contribution in [0.25, 0.3) is 0 Å². The number of thiophene rings is 1. The zero-order valence-electron chi connectivity index (χ0n) is 7.98. The van der Waals surface area contributed by atoms with Gasteiger partial charge in [-0.3, -0.25) is 0 Å². The predicted octanol–water partition coefficient (Wildman–Crippen LogP) is 2.07. The van der Waals surface area contributed by atoms with Crippen LogP contribution in [0.2, 0.25) is 0 Å². The first-order chi connectivity index (χ1) is 7.38. The highest BCUT2D eigenvalue weighted by molar-refractivity contribution is 9.12. The van der Waals surface area contributed by atoms with Crippen molar-refractivity contribution in [3.05, 3.63) is 13.6 Å². The number of hydrogen-bond donors (Lipinski definition) is 2. The summed E-state index contributed by atoms with van der Waals surface area (Å²) in [5.74, 6) is 0. The van der Waals surface area contributed by atoms with Crippen LogP contribution in [0.1, 0.15) is 12.8 Å². The number of halogens is 2. The summed E-state index contributed by atoms with van der Waals surface area (Å²) >= 11 is 7.77. The maximum Gasteiger partial charge on any atom is 0.242 e. The van der Waals surface area contributed by atoms with Gasteiger partial charge < -0.3 is 5.11 Å². The van der Waals surface area contributed by atoms with Crippen LogP contribution in [0.3, 0.4) is 0 Å². The van der Waals surface area contributed by atoms with Crippen LogP contribution in [-0.2, 0) is 10.0 Å². The molecule has 1 aliphatic rings. The van der Waals surface area contributed by atoms with Crippen molar-refractivity contribution in [3.63, 3.8) is 0 Å². The topological polar surface area (TPSA) is 66.4 Å². The zero-order chi connectivity index (χ0) is 11.9. The van der Waals surface area contributed by atoms with Gasteiger partial charge >= 0.3 is 0 Å². The highest BCUT2D eigenvalue weighted by Gasteiger charge is 2.32. The van der Waals surface area contributed by atoms with Crippen LogP contribution < -0.4 is 4.72 Å². The zero-order valence-corrected chi connectivity index (χ0v) is 12.8. The molecule has 16 heavy (non-hydrogen) atoms. The molecule has 1 fully saturated rings. The Morgan fingerprint density at radius 2 is 2.06 bits per heavy atom. The monoisotopic (exact) mass is 389 g/mol. The normalized spacial score (nSPS) is 25.4. The van der Waals surface area contributed by atoms with Crippen molar-refractivity contribution < 1.29 is 13.5 Å². The van der Waals surface area contributed by atoms with Gasteiger partial charge in [-0.05, 0) is 50.8 Å². The number of nitrogens with one attached hydrogen (secondary N) is 1. The van der Waals surface area contributed by atoms with Crippen LogP contribution in [0.15, 0.2) is 18.5 Å². The van der Waals surface area contributed by atoms with Crippen molar-refractivity contribution in [2.75, 3.05) is 0 Å². The first kappa shape index (κ1) is 13.0. The van der Waals surface area contributed by atoms with E-state index in [0.29, 0.717) is 16.6 Å². The molecule has 1 aromatic rings. The van der Waals surface area contributed by atoms with Crippen LogP contribution >= 0.6 is 43.2 Å². The van der Waals surface area contributed by atoms with Crippen molar-refractivity contribution in [2.24, 2.45) is 0 Å². The van der Waals surface area contributed by atoms with E-state index in [9.17, 15) is 8.42 Å². The Balaban J connectivity index is 2.16. The van der Waals surface area contributed by atoms with Gasteiger partial charge in [-0.15, -0.1) is 11.3 Å². The minimum atomic E-state index is -3.48. The van der Waals surface area contributed by atoms with Crippen molar-refractivity contribution in [1.82, 2.24) is 4.72 Å². The van der Waals surface area contributed by atoms with Crippen LogP contribution in [0, 0.1) is 0 Å². The quantitative estimate of drug-likeness (QED) is 0.830. The highest BCUT2D eigenvalue weighted by atomic mass is 79.9. The molecular weight excluding hydrogens is 382 g/mol. The molecule has 1 saturated carbocycles. The molecule has 8 heteroatoms. The molecule has 4 nitrogen and oxygen atoms in total. The van der Waals surface area contributed by atoms with E-state index in [1.807, 2.05) is 0 Å². The van der Waals surface area contributed by atoms with Gasteiger partial charge in [0.1, 0.15) is 4.90 Å². The molecule has 0 saturated heterocycles. The van der Waals surface area contributed by atoms with Gasteiger partial charge in [0, 0.05) is 6.04 Å². The van der Waals surface area contributed by atoms with Gasteiger partial charge in [-0.1, -0.05) is 0 Å². The number of aliphatic hydroxyl groups excluding tert-OH is 1. The summed E-state index contributed by atoms with van der Waals surface area (Å²) in [6.45, 7) is 0. The standard InChI is InChI=1S/C8H9Br2NO3S2/c9-7-3-6(8(10)15-7)16(13,14)11-4-1-5(12)2-4/h3-5,11-12H,1-2H2. The van der Waals surface area contributed by atoms with Gasteiger partial charge in [0.25, 0.3) is 0 Å². The Bertz CT molecular complexity index is 493. The summed E-state index contributed by atoms with van der Waals surface area (Å²) in [6.07, 6.45) is 0.606. The van der Waals surface area contributed by atoms with E-state index in [2.05, 4.69) is 36.6 Å². The fourth-order valence-electron chi connectivity index (χ4n) is 1.48. The molecule has 0 aromatic carbocycles. The average Bonchev–Trinajstić information content (AvgIpc) is 2.43. The molecule has 2 rings (SSSR count). The first-order valence-corrected chi connectivity index (χ1v) is 8.42. The van der Waals surface area contributed by atoms with E-state index in [0.717, 1.165) is 3.79 Å². The second-order valence-electron chi connectivity index (χ2n) is 3.63.